The Kier molecular flexibility index (Phi) is 2.92. The predicted molar refractivity (Wildman–Crippen MR) is 76.4 cm³/mol. The van der Waals surface area contributed by atoms with Crippen molar-refractivity contribution in [2.75, 3.05) is 6.54 Å². The molecular weight excluding hydrogens is 240 g/mol. The maximum atomic E-state index is 8.38. The molecule has 0 bridgehead atoms. The molecule has 92 valence electrons. The maximum absolute atomic E-state index is 8.38. The zero-order valence-corrected chi connectivity index (χ0v) is 11.2. The summed E-state index contributed by atoms with van der Waals surface area (Å²) in [6, 6.07) is 12.5. The van der Waals surface area contributed by atoms with E-state index in [4.69, 9.17) is 5.41 Å². The van der Waals surface area contributed by atoms with Crippen molar-refractivity contribution < 1.29 is 0 Å². The van der Waals surface area contributed by atoms with Crippen LogP contribution in [0.3, 0.4) is 0 Å². The van der Waals surface area contributed by atoms with Gasteiger partial charge in [0.25, 0.3) is 0 Å². The van der Waals surface area contributed by atoms with E-state index in [1.54, 1.807) is 0 Å². The minimum atomic E-state index is 0.313. The lowest BCUT2D eigenvalue weighted by molar-refractivity contribution is 0.320. The second kappa shape index (κ2) is 4.58. The number of nitrogens with zero attached hydrogens (tertiary/aromatic N) is 1. The number of hydrogen-bond acceptors (Lipinski definition) is 2. The van der Waals surface area contributed by atoms with E-state index in [1.165, 1.54) is 10.4 Å². The zero-order chi connectivity index (χ0) is 12.5. The summed E-state index contributed by atoms with van der Waals surface area (Å²) >= 11 is 1.84. The van der Waals surface area contributed by atoms with Gasteiger partial charge in [0.05, 0.1) is 6.04 Å². The number of fused-ring (bicyclic) bond motifs is 1. The normalized spacial score (nSPS) is 18.5. The van der Waals surface area contributed by atoms with Crippen LogP contribution in [0.4, 0.5) is 0 Å². The highest BCUT2D eigenvalue weighted by Crippen LogP contribution is 2.33. The van der Waals surface area contributed by atoms with Crippen molar-refractivity contribution in [2.45, 2.75) is 19.4 Å². The summed E-state index contributed by atoms with van der Waals surface area (Å²) in [4.78, 5) is 3.68. The fourth-order valence-electron chi connectivity index (χ4n) is 2.58. The van der Waals surface area contributed by atoms with Crippen LogP contribution in [0.1, 0.15) is 29.0 Å². The van der Waals surface area contributed by atoms with E-state index in [9.17, 15) is 0 Å². The minimum Gasteiger partial charge on any atom is -0.349 e. The van der Waals surface area contributed by atoms with Gasteiger partial charge < -0.3 is 4.90 Å². The molecule has 0 spiro atoms. The van der Waals surface area contributed by atoms with E-state index in [1.807, 2.05) is 41.7 Å². The number of nitrogens with one attached hydrogen (secondary N) is 1. The first-order valence-corrected chi connectivity index (χ1v) is 7.12. The first-order valence-electron chi connectivity index (χ1n) is 6.24. The molecule has 0 aliphatic carbocycles. The largest absolute Gasteiger partial charge is 0.349 e. The van der Waals surface area contributed by atoms with Crippen molar-refractivity contribution in [3.05, 3.63) is 57.8 Å². The summed E-state index contributed by atoms with van der Waals surface area (Å²) in [5, 5.41) is 10.5. The van der Waals surface area contributed by atoms with Gasteiger partial charge in [0, 0.05) is 17.0 Å². The van der Waals surface area contributed by atoms with Crippen LogP contribution in [0.5, 0.6) is 0 Å². The Labute approximate surface area is 111 Å². The van der Waals surface area contributed by atoms with Gasteiger partial charge >= 0.3 is 0 Å². The van der Waals surface area contributed by atoms with Gasteiger partial charge in [0.2, 0.25) is 0 Å². The third kappa shape index (κ3) is 1.85. The van der Waals surface area contributed by atoms with Crippen molar-refractivity contribution >= 4 is 17.2 Å². The highest BCUT2D eigenvalue weighted by molar-refractivity contribution is 7.10. The molecule has 18 heavy (non-hydrogen) atoms. The predicted octanol–water partition coefficient (Wildman–Crippen LogP) is 3.69. The Morgan fingerprint density at radius 1 is 1.28 bits per heavy atom. The molecule has 1 aliphatic heterocycles. The fourth-order valence-corrected chi connectivity index (χ4v) is 3.54. The average molecular weight is 256 g/mol. The van der Waals surface area contributed by atoms with Gasteiger partial charge in [-0.1, -0.05) is 30.3 Å². The topological polar surface area (TPSA) is 27.1 Å². The molecule has 2 heterocycles. The zero-order valence-electron chi connectivity index (χ0n) is 10.4. The third-order valence-electron chi connectivity index (χ3n) is 3.61. The van der Waals surface area contributed by atoms with Crippen LogP contribution in [0.25, 0.3) is 0 Å². The second-order valence-corrected chi connectivity index (χ2v) is 5.63. The number of benzene rings is 1. The average Bonchev–Trinajstić information content (AvgIpc) is 2.89. The summed E-state index contributed by atoms with van der Waals surface area (Å²) in [5.74, 6) is 0.639. The quantitative estimate of drug-likeness (QED) is 0.611. The lowest BCUT2D eigenvalue weighted by Crippen LogP contribution is -2.38. The van der Waals surface area contributed by atoms with Crippen molar-refractivity contribution in [2.24, 2.45) is 0 Å². The van der Waals surface area contributed by atoms with Gasteiger partial charge in [-0.2, -0.15) is 0 Å². The molecule has 1 aromatic heterocycles. The van der Waals surface area contributed by atoms with Crippen molar-refractivity contribution in [1.29, 1.82) is 5.41 Å². The van der Waals surface area contributed by atoms with Crippen LogP contribution >= 0.6 is 11.3 Å². The van der Waals surface area contributed by atoms with Gasteiger partial charge in [-0.15, -0.1) is 11.3 Å². The van der Waals surface area contributed by atoms with Crippen LogP contribution in [0, 0.1) is 5.41 Å². The molecule has 0 amide bonds. The standard InChI is InChI=1S/C15H16N2S/c1-11-13-8-10-18-14(13)7-9-17(11)15(16)12-5-3-2-4-6-12/h2-6,8,10-11,16H,7,9H2,1H3. The molecule has 1 aliphatic rings. The molecule has 1 unspecified atom stereocenters. The highest BCUT2D eigenvalue weighted by atomic mass is 32.1. The Morgan fingerprint density at radius 2 is 2.06 bits per heavy atom. The van der Waals surface area contributed by atoms with E-state index in [0.717, 1.165) is 18.5 Å². The first-order chi connectivity index (χ1) is 8.77. The van der Waals surface area contributed by atoms with Gasteiger partial charge in [0.15, 0.2) is 0 Å². The monoisotopic (exact) mass is 256 g/mol. The van der Waals surface area contributed by atoms with Gasteiger partial charge in [-0.05, 0) is 30.4 Å². The SMILES string of the molecule is CC1c2ccsc2CCN1C(=N)c1ccccc1. The molecule has 2 nitrogen and oxygen atoms in total. The van der Waals surface area contributed by atoms with E-state index in [2.05, 4.69) is 23.3 Å². The third-order valence-corrected chi connectivity index (χ3v) is 4.61. The van der Waals surface area contributed by atoms with E-state index in [-0.39, 0.29) is 0 Å². The Hall–Kier alpha value is -1.61. The van der Waals surface area contributed by atoms with Crippen LogP contribution < -0.4 is 0 Å². The maximum Gasteiger partial charge on any atom is 0.128 e. The van der Waals surface area contributed by atoms with Crippen LogP contribution in [-0.4, -0.2) is 17.3 Å². The summed E-state index contributed by atoms with van der Waals surface area (Å²) < 4.78 is 0. The first kappa shape index (κ1) is 11.5. The number of amidine groups is 1. The van der Waals surface area contributed by atoms with Crippen molar-refractivity contribution in [3.8, 4) is 0 Å². The molecule has 0 saturated carbocycles. The molecule has 3 heteroatoms. The fraction of sp³-hybridized carbons (Fsp3) is 0.267. The molecule has 1 atom stereocenters. The van der Waals surface area contributed by atoms with Crippen LogP contribution in [0.2, 0.25) is 0 Å². The van der Waals surface area contributed by atoms with Crippen molar-refractivity contribution in [1.82, 2.24) is 4.90 Å². The number of hydrogen-bond donors (Lipinski definition) is 1. The summed E-state index contributed by atoms with van der Waals surface area (Å²) in [7, 11) is 0. The van der Waals surface area contributed by atoms with Crippen LogP contribution in [0.15, 0.2) is 41.8 Å². The van der Waals surface area contributed by atoms with E-state index in [0.29, 0.717) is 11.9 Å². The van der Waals surface area contributed by atoms with Gasteiger partial charge in [-0.25, -0.2) is 0 Å². The van der Waals surface area contributed by atoms with Crippen LogP contribution in [-0.2, 0) is 6.42 Å². The second-order valence-electron chi connectivity index (χ2n) is 4.63. The summed E-state index contributed by atoms with van der Waals surface area (Å²) in [6.07, 6.45) is 1.06. The summed E-state index contributed by atoms with van der Waals surface area (Å²) in [6.45, 7) is 3.14. The Bertz CT molecular complexity index is 559. The molecule has 2 aromatic rings. The summed E-state index contributed by atoms with van der Waals surface area (Å²) in [5.41, 5.74) is 2.40. The van der Waals surface area contributed by atoms with Gasteiger partial charge in [-0.3, -0.25) is 5.41 Å². The molecule has 1 N–H and O–H groups in total. The highest BCUT2D eigenvalue weighted by Gasteiger charge is 2.26. The molecule has 0 fully saturated rings. The lowest BCUT2D eigenvalue weighted by atomic mass is 10.00. The molecule has 1 aromatic carbocycles. The number of rotatable bonds is 1. The lowest BCUT2D eigenvalue weighted by Gasteiger charge is -2.35. The molecule has 0 saturated heterocycles. The minimum absolute atomic E-state index is 0.313. The Morgan fingerprint density at radius 3 is 2.83 bits per heavy atom. The molecular formula is C15H16N2S. The molecule has 3 rings (SSSR count). The van der Waals surface area contributed by atoms with E-state index < -0.39 is 0 Å². The van der Waals surface area contributed by atoms with Crippen molar-refractivity contribution in [3.63, 3.8) is 0 Å². The Balaban J connectivity index is 1.89. The van der Waals surface area contributed by atoms with Gasteiger partial charge in [0.1, 0.15) is 5.84 Å². The number of thiophene rings is 1. The van der Waals surface area contributed by atoms with E-state index >= 15 is 0 Å². The molecule has 0 radical (unpaired) electrons. The smallest absolute Gasteiger partial charge is 0.128 e.